The summed E-state index contributed by atoms with van der Waals surface area (Å²) in [6.07, 6.45) is 0. The van der Waals surface area contributed by atoms with Crippen molar-refractivity contribution < 1.29 is 22.7 Å². The lowest BCUT2D eigenvalue weighted by atomic mass is 10.2. The van der Waals surface area contributed by atoms with Crippen LogP contribution in [0.25, 0.3) is 0 Å². The maximum atomic E-state index is 12.2. The van der Waals surface area contributed by atoms with E-state index in [1.807, 2.05) is 43.3 Å². The van der Waals surface area contributed by atoms with Gasteiger partial charge in [-0.2, -0.15) is 4.72 Å². The first-order chi connectivity index (χ1) is 13.9. The summed E-state index contributed by atoms with van der Waals surface area (Å²) >= 11 is 0. The zero-order valence-corrected chi connectivity index (χ0v) is 16.7. The van der Waals surface area contributed by atoms with Crippen molar-refractivity contribution in [2.24, 2.45) is 0 Å². The number of hydrogen-bond donors (Lipinski definition) is 1. The molecule has 3 aromatic carbocycles. The number of nitrogens with one attached hydrogen (secondary N) is 1. The van der Waals surface area contributed by atoms with Crippen LogP contribution in [0.3, 0.4) is 0 Å². The van der Waals surface area contributed by atoms with Crippen molar-refractivity contribution in [3.05, 3.63) is 90.0 Å². The van der Waals surface area contributed by atoms with Gasteiger partial charge in [0.15, 0.2) is 0 Å². The van der Waals surface area contributed by atoms with Crippen molar-refractivity contribution in [3.63, 3.8) is 0 Å². The molecule has 0 aliphatic carbocycles. The first-order valence-corrected chi connectivity index (χ1v) is 10.4. The zero-order chi connectivity index (χ0) is 20.7. The van der Waals surface area contributed by atoms with Crippen LogP contribution in [-0.2, 0) is 26.2 Å². The Balaban J connectivity index is 1.56. The van der Waals surface area contributed by atoms with Crippen molar-refractivity contribution in [1.82, 2.24) is 4.72 Å². The van der Waals surface area contributed by atoms with Gasteiger partial charge in [0.2, 0.25) is 10.0 Å². The van der Waals surface area contributed by atoms with Crippen LogP contribution in [0, 0.1) is 6.92 Å². The number of carbonyl (C=O) groups excluding carboxylic acids is 1. The number of rotatable bonds is 8. The van der Waals surface area contributed by atoms with Crippen LogP contribution in [0.1, 0.15) is 11.1 Å². The van der Waals surface area contributed by atoms with Crippen molar-refractivity contribution in [3.8, 4) is 11.5 Å². The van der Waals surface area contributed by atoms with E-state index in [9.17, 15) is 13.2 Å². The third-order valence-corrected chi connectivity index (χ3v) is 5.49. The van der Waals surface area contributed by atoms with Gasteiger partial charge >= 0.3 is 5.97 Å². The molecule has 0 aliphatic rings. The van der Waals surface area contributed by atoms with Gasteiger partial charge in [0.05, 0.1) is 4.90 Å². The van der Waals surface area contributed by atoms with Crippen molar-refractivity contribution >= 4 is 16.0 Å². The minimum atomic E-state index is -3.78. The van der Waals surface area contributed by atoms with E-state index in [1.54, 1.807) is 30.3 Å². The number of aryl methyl sites for hydroxylation is 1. The summed E-state index contributed by atoms with van der Waals surface area (Å²) < 4.78 is 37.8. The molecule has 3 rings (SSSR count). The monoisotopic (exact) mass is 411 g/mol. The van der Waals surface area contributed by atoms with Gasteiger partial charge < -0.3 is 9.47 Å². The molecule has 0 spiro atoms. The van der Waals surface area contributed by atoms with Crippen molar-refractivity contribution in [2.75, 3.05) is 6.54 Å². The number of benzene rings is 3. The number of esters is 1. The molecule has 150 valence electrons. The molecule has 6 nitrogen and oxygen atoms in total. The number of sulfonamides is 1. The Hall–Kier alpha value is -3.16. The second-order valence-corrected chi connectivity index (χ2v) is 8.09. The van der Waals surface area contributed by atoms with Crippen LogP contribution in [0.2, 0.25) is 0 Å². The maximum Gasteiger partial charge on any atom is 0.321 e. The quantitative estimate of drug-likeness (QED) is 0.570. The number of ether oxygens (including phenoxy) is 2. The van der Waals surface area contributed by atoms with Gasteiger partial charge in [-0.1, -0.05) is 54.1 Å². The van der Waals surface area contributed by atoms with Gasteiger partial charge in [0.1, 0.15) is 24.7 Å². The molecular formula is C22H21NO5S. The van der Waals surface area contributed by atoms with Gasteiger partial charge in [0.25, 0.3) is 0 Å². The second-order valence-electron chi connectivity index (χ2n) is 6.32. The summed E-state index contributed by atoms with van der Waals surface area (Å²) in [4.78, 5) is 12.1. The van der Waals surface area contributed by atoms with E-state index in [0.717, 1.165) is 5.56 Å². The number of para-hydroxylation sites is 2. The Kier molecular flexibility index (Phi) is 6.64. The predicted octanol–water partition coefficient (Wildman–Crippen LogP) is 3.81. The zero-order valence-electron chi connectivity index (χ0n) is 15.9. The first-order valence-electron chi connectivity index (χ1n) is 8.97. The minimum absolute atomic E-state index is 0.0336. The average molecular weight is 411 g/mol. The summed E-state index contributed by atoms with van der Waals surface area (Å²) in [5.74, 6) is 0.541. The molecule has 0 heterocycles. The van der Waals surface area contributed by atoms with E-state index in [1.165, 1.54) is 12.1 Å². The predicted molar refractivity (Wildman–Crippen MR) is 109 cm³/mol. The smallest absolute Gasteiger partial charge is 0.321 e. The topological polar surface area (TPSA) is 81.7 Å². The Bertz CT molecular complexity index is 1060. The average Bonchev–Trinajstić information content (AvgIpc) is 2.73. The number of carbonyl (C=O) groups is 1. The van der Waals surface area contributed by atoms with Crippen LogP contribution in [-0.4, -0.2) is 20.9 Å². The normalized spacial score (nSPS) is 11.1. The van der Waals surface area contributed by atoms with Crippen molar-refractivity contribution in [1.29, 1.82) is 0 Å². The standard InChI is InChI=1S/C22H21NO5S/c1-17-11-13-20(14-12-17)29(25,26)23-15-22(24)27-16-18-7-5-6-10-21(18)28-19-8-3-2-4-9-19/h2-14,23H,15-16H2,1H3. The van der Waals surface area contributed by atoms with Crippen LogP contribution >= 0.6 is 0 Å². The summed E-state index contributed by atoms with van der Waals surface area (Å²) in [6, 6.07) is 22.8. The Morgan fingerprint density at radius 2 is 1.55 bits per heavy atom. The van der Waals surface area contributed by atoms with Crippen LogP contribution in [0.5, 0.6) is 11.5 Å². The summed E-state index contributed by atoms with van der Waals surface area (Å²) in [7, 11) is -3.78. The molecule has 0 fully saturated rings. The first kappa shape index (κ1) is 20.6. The highest BCUT2D eigenvalue weighted by Gasteiger charge is 2.16. The van der Waals surface area contributed by atoms with E-state index in [4.69, 9.17) is 9.47 Å². The minimum Gasteiger partial charge on any atom is -0.460 e. The fraction of sp³-hybridized carbons (Fsp3) is 0.136. The molecule has 0 unspecified atom stereocenters. The number of hydrogen-bond acceptors (Lipinski definition) is 5. The molecule has 7 heteroatoms. The summed E-state index contributed by atoms with van der Waals surface area (Å²) in [6.45, 7) is 1.37. The largest absolute Gasteiger partial charge is 0.460 e. The molecule has 0 atom stereocenters. The van der Waals surface area contributed by atoms with E-state index in [-0.39, 0.29) is 11.5 Å². The SMILES string of the molecule is Cc1ccc(S(=O)(=O)NCC(=O)OCc2ccccc2Oc2ccccc2)cc1. The lowest BCUT2D eigenvalue weighted by Gasteiger charge is -2.12. The second kappa shape index (κ2) is 9.36. The highest BCUT2D eigenvalue weighted by atomic mass is 32.2. The third-order valence-electron chi connectivity index (χ3n) is 4.07. The molecule has 0 aliphatic heterocycles. The molecule has 1 N–H and O–H groups in total. The van der Waals surface area contributed by atoms with Gasteiger partial charge in [-0.05, 0) is 37.3 Å². The van der Waals surface area contributed by atoms with Gasteiger partial charge in [0, 0.05) is 5.56 Å². The molecule has 0 radical (unpaired) electrons. The van der Waals surface area contributed by atoms with Gasteiger partial charge in [-0.25, -0.2) is 8.42 Å². The van der Waals surface area contributed by atoms with E-state index in [2.05, 4.69) is 4.72 Å². The highest BCUT2D eigenvalue weighted by Crippen LogP contribution is 2.25. The Labute approximate surface area is 170 Å². The molecule has 0 saturated heterocycles. The van der Waals surface area contributed by atoms with Crippen LogP contribution < -0.4 is 9.46 Å². The third kappa shape index (κ3) is 5.91. The molecule has 3 aromatic rings. The van der Waals surface area contributed by atoms with E-state index in [0.29, 0.717) is 17.1 Å². The molecule has 0 aromatic heterocycles. The fourth-order valence-corrected chi connectivity index (χ4v) is 3.47. The van der Waals surface area contributed by atoms with E-state index < -0.39 is 22.5 Å². The molecule has 0 amide bonds. The Morgan fingerprint density at radius 1 is 0.897 bits per heavy atom. The molecule has 29 heavy (non-hydrogen) atoms. The van der Waals surface area contributed by atoms with Crippen LogP contribution in [0.15, 0.2) is 83.8 Å². The fourth-order valence-electron chi connectivity index (χ4n) is 2.50. The van der Waals surface area contributed by atoms with Gasteiger partial charge in [-0.3, -0.25) is 4.79 Å². The lowest BCUT2D eigenvalue weighted by Crippen LogP contribution is -2.30. The summed E-state index contributed by atoms with van der Waals surface area (Å²) in [5.41, 5.74) is 1.62. The Morgan fingerprint density at radius 3 is 2.28 bits per heavy atom. The maximum absolute atomic E-state index is 12.2. The van der Waals surface area contributed by atoms with Gasteiger partial charge in [-0.15, -0.1) is 0 Å². The highest BCUT2D eigenvalue weighted by molar-refractivity contribution is 7.89. The van der Waals surface area contributed by atoms with Crippen molar-refractivity contribution in [2.45, 2.75) is 18.4 Å². The van der Waals surface area contributed by atoms with E-state index >= 15 is 0 Å². The van der Waals surface area contributed by atoms with Crippen LogP contribution in [0.4, 0.5) is 0 Å². The summed E-state index contributed by atoms with van der Waals surface area (Å²) in [5, 5.41) is 0. The lowest BCUT2D eigenvalue weighted by molar-refractivity contribution is -0.143. The molecule has 0 saturated carbocycles. The molecule has 0 bridgehead atoms. The molecular weight excluding hydrogens is 390 g/mol.